The fourth-order valence-corrected chi connectivity index (χ4v) is 2.71. The Kier molecular flexibility index (Phi) is 4.94. The minimum absolute atomic E-state index is 0.0795. The largest absolute Gasteiger partial charge is 0.484 e. The van der Waals surface area contributed by atoms with Crippen LogP contribution in [0.2, 0.25) is 10.0 Å². The third-order valence-electron chi connectivity index (χ3n) is 3.34. The number of rotatable bonds is 5. The number of aromatic nitrogens is 1. The summed E-state index contributed by atoms with van der Waals surface area (Å²) in [5.74, 6) is 0.00323. The molecule has 0 radical (unpaired) electrons. The Morgan fingerprint density at radius 3 is 2.50 bits per heavy atom. The first kappa shape index (κ1) is 16.6. The van der Waals surface area contributed by atoms with E-state index in [-0.39, 0.29) is 23.2 Å². The number of ketones is 2. The molecule has 2 aromatic rings. The van der Waals surface area contributed by atoms with Crippen LogP contribution in [0.3, 0.4) is 0 Å². The lowest BCUT2D eigenvalue weighted by molar-refractivity contribution is 0.0916. The summed E-state index contributed by atoms with van der Waals surface area (Å²) in [6, 6.07) is 4.96. The zero-order valence-electron chi connectivity index (χ0n) is 12.4. The van der Waals surface area contributed by atoms with Gasteiger partial charge in [0.15, 0.2) is 12.4 Å². The van der Waals surface area contributed by atoms with Gasteiger partial charge in [0, 0.05) is 11.3 Å². The molecule has 0 aliphatic carbocycles. The lowest BCUT2D eigenvalue weighted by Crippen LogP contribution is -2.13. The minimum atomic E-state index is -0.260. The number of halogens is 2. The lowest BCUT2D eigenvalue weighted by Gasteiger charge is -2.08. The molecular weight excluding hydrogens is 325 g/mol. The molecule has 0 aliphatic heterocycles. The van der Waals surface area contributed by atoms with Crippen molar-refractivity contribution in [2.24, 2.45) is 0 Å². The van der Waals surface area contributed by atoms with Gasteiger partial charge in [0.2, 0.25) is 5.78 Å². The number of carbonyl (C=O) groups excluding carboxylic acids is 2. The molecular formula is C16H15Cl2NO3. The van der Waals surface area contributed by atoms with Crippen LogP contribution in [0.25, 0.3) is 0 Å². The van der Waals surface area contributed by atoms with Crippen LogP contribution in [-0.2, 0) is 0 Å². The fraction of sp³-hybridized carbons (Fsp3) is 0.250. The van der Waals surface area contributed by atoms with Gasteiger partial charge in [-0.15, -0.1) is 0 Å². The Hall–Kier alpha value is -1.78. The van der Waals surface area contributed by atoms with Gasteiger partial charge < -0.3 is 9.72 Å². The topological polar surface area (TPSA) is 59.2 Å². The Morgan fingerprint density at radius 2 is 1.91 bits per heavy atom. The van der Waals surface area contributed by atoms with E-state index >= 15 is 0 Å². The summed E-state index contributed by atoms with van der Waals surface area (Å²) in [6.45, 7) is 4.77. The third-order valence-corrected chi connectivity index (χ3v) is 4.14. The first-order chi connectivity index (χ1) is 10.3. The fourth-order valence-electron chi connectivity index (χ4n) is 2.37. The molecule has 116 valence electrons. The molecule has 0 saturated heterocycles. The third kappa shape index (κ3) is 3.18. The highest BCUT2D eigenvalue weighted by Gasteiger charge is 2.20. The van der Waals surface area contributed by atoms with E-state index in [0.717, 1.165) is 0 Å². The predicted molar refractivity (Wildman–Crippen MR) is 86.6 cm³/mol. The number of aromatic amines is 1. The van der Waals surface area contributed by atoms with Crippen molar-refractivity contribution in [3.05, 3.63) is 50.8 Å². The molecule has 22 heavy (non-hydrogen) atoms. The van der Waals surface area contributed by atoms with Crippen molar-refractivity contribution in [1.29, 1.82) is 0 Å². The predicted octanol–water partition coefficient (Wildman–Crippen LogP) is 4.40. The van der Waals surface area contributed by atoms with Crippen molar-refractivity contribution in [3.63, 3.8) is 0 Å². The van der Waals surface area contributed by atoms with Crippen LogP contribution < -0.4 is 4.74 Å². The van der Waals surface area contributed by atoms with Crippen LogP contribution in [0.4, 0.5) is 0 Å². The second-order valence-electron chi connectivity index (χ2n) is 4.94. The summed E-state index contributed by atoms with van der Waals surface area (Å²) in [4.78, 5) is 26.8. The molecule has 0 amide bonds. The van der Waals surface area contributed by atoms with E-state index in [2.05, 4.69) is 4.98 Å². The monoisotopic (exact) mass is 339 g/mol. The van der Waals surface area contributed by atoms with Gasteiger partial charge in [-0.25, -0.2) is 0 Å². The first-order valence-electron chi connectivity index (χ1n) is 6.63. The van der Waals surface area contributed by atoms with E-state index in [9.17, 15) is 9.59 Å². The van der Waals surface area contributed by atoms with Crippen LogP contribution >= 0.6 is 23.2 Å². The standard InChI is InChI=1S/C16H15Cl2NO3/c1-8-14(10(3)20)9(2)19-16(8)12(21)7-22-13-6-4-5-11(17)15(13)18/h4-6,19H,7H2,1-3H3. The maximum atomic E-state index is 12.3. The van der Waals surface area contributed by atoms with Crippen LogP contribution in [0, 0.1) is 13.8 Å². The lowest BCUT2D eigenvalue weighted by atomic mass is 10.1. The molecule has 2 rings (SSSR count). The highest BCUT2D eigenvalue weighted by Crippen LogP contribution is 2.31. The normalized spacial score (nSPS) is 10.6. The summed E-state index contributed by atoms with van der Waals surface area (Å²) in [7, 11) is 0. The Morgan fingerprint density at radius 1 is 1.23 bits per heavy atom. The Labute approximate surface area is 138 Å². The van der Waals surface area contributed by atoms with Gasteiger partial charge in [-0.1, -0.05) is 29.3 Å². The molecule has 0 unspecified atom stereocenters. The number of H-pyrrole nitrogens is 1. The molecule has 1 N–H and O–H groups in total. The maximum Gasteiger partial charge on any atom is 0.216 e. The number of benzene rings is 1. The summed E-state index contributed by atoms with van der Waals surface area (Å²) < 4.78 is 5.43. The number of ether oxygens (including phenoxy) is 1. The van der Waals surface area contributed by atoms with Gasteiger partial charge in [-0.3, -0.25) is 9.59 Å². The van der Waals surface area contributed by atoms with E-state index in [1.807, 2.05) is 0 Å². The molecule has 0 bridgehead atoms. The first-order valence-corrected chi connectivity index (χ1v) is 7.38. The van der Waals surface area contributed by atoms with Gasteiger partial charge in [0.1, 0.15) is 10.8 Å². The van der Waals surface area contributed by atoms with Crippen LogP contribution in [0.1, 0.15) is 39.0 Å². The summed E-state index contributed by atoms with van der Waals surface area (Å²) in [5, 5.41) is 0.623. The highest BCUT2D eigenvalue weighted by atomic mass is 35.5. The van der Waals surface area contributed by atoms with Crippen LogP contribution in [-0.4, -0.2) is 23.2 Å². The molecule has 0 spiro atoms. The zero-order valence-corrected chi connectivity index (χ0v) is 13.9. The van der Waals surface area contributed by atoms with Gasteiger partial charge in [0.25, 0.3) is 0 Å². The summed E-state index contributed by atoms with van der Waals surface area (Å²) in [5.41, 5.74) is 2.23. The van der Waals surface area contributed by atoms with Gasteiger partial charge >= 0.3 is 0 Å². The van der Waals surface area contributed by atoms with Crippen molar-refractivity contribution in [1.82, 2.24) is 4.98 Å². The number of nitrogens with one attached hydrogen (secondary N) is 1. The number of hydrogen-bond acceptors (Lipinski definition) is 3. The van der Waals surface area contributed by atoms with Crippen molar-refractivity contribution in [2.45, 2.75) is 20.8 Å². The maximum absolute atomic E-state index is 12.3. The average Bonchev–Trinajstić information content (AvgIpc) is 2.75. The average molecular weight is 340 g/mol. The molecule has 1 aromatic heterocycles. The number of Topliss-reactive ketones (excluding diaryl/α,β-unsaturated/α-hetero) is 2. The number of hydrogen-bond donors (Lipinski definition) is 1. The second kappa shape index (κ2) is 6.55. The van der Waals surface area contributed by atoms with E-state index in [0.29, 0.717) is 33.3 Å². The zero-order chi connectivity index (χ0) is 16.4. The van der Waals surface area contributed by atoms with E-state index in [1.165, 1.54) is 6.92 Å². The number of aryl methyl sites for hydroxylation is 1. The number of carbonyl (C=O) groups is 2. The van der Waals surface area contributed by atoms with Gasteiger partial charge in [-0.05, 0) is 38.5 Å². The van der Waals surface area contributed by atoms with Crippen LogP contribution in [0.15, 0.2) is 18.2 Å². The van der Waals surface area contributed by atoms with Crippen molar-refractivity contribution >= 4 is 34.8 Å². The molecule has 6 heteroatoms. The van der Waals surface area contributed by atoms with Gasteiger partial charge in [-0.2, -0.15) is 0 Å². The summed E-state index contributed by atoms with van der Waals surface area (Å²) >= 11 is 11.9. The second-order valence-corrected chi connectivity index (χ2v) is 5.73. The van der Waals surface area contributed by atoms with Crippen molar-refractivity contribution < 1.29 is 14.3 Å². The molecule has 0 aliphatic rings. The van der Waals surface area contributed by atoms with Crippen molar-refractivity contribution in [2.75, 3.05) is 6.61 Å². The summed E-state index contributed by atoms with van der Waals surface area (Å²) in [6.07, 6.45) is 0. The molecule has 4 nitrogen and oxygen atoms in total. The highest BCUT2D eigenvalue weighted by molar-refractivity contribution is 6.42. The quantitative estimate of drug-likeness (QED) is 0.821. The Balaban J connectivity index is 2.18. The molecule has 0 fully saturated rings. The minimum Gasteiger partial charge on any atom is -0.484 e. The van der Waals surface area contributed by atoms with E-state index in [4.69, 9.17) is 27.9 Å². The van der Waals surface area contributed by atoms with Gasteiger partial charge in [0.05, 0.1) is 10.7 Å². The Bertz CT molecular complexity index is 750. The van der Waals surface area contributed by atoms with Crippen molar-refractivity contribution in [3.8, 4) is 5.75 Å². The van der Waals surface area contributed by atoms with Crippen LogP contribution in [0.5, 0.6) is 5.75 Å². The van der Waals surface area contributed by atoms with E-state index in [1.54, 1.807) is 32.0 Å². The SMILES string of the molecule is CC(=O)c1c(C)[nH]c(C(=O)COc2cccc(Cl)c2Cl)c1C. The molecule has 0 atom stereocenters. The smallest absolute Gasteiger partial charge is 0.216 e. The molecule has 1 heterocycles. The van der Waals surface area contributed by atoms with E-state index < -0.39 is 0 Å². The molecule has 1 aromatic carbocycles. The molecule has 0 saturated carbocycles.